The van der Waals surface area contributed by atoms with Gasteiger partial charge >= 0.3 is 5.97 Å². The molecule has 3 nitrogen and oxygen atoms in total. The quantitative estimate of drug-likeness (QED) is 0.544. The number of hydrogen-bond donors (Lipinski definition) is 1. The topological polar surface area (TPSA) is 46.5 Å². The molecule has 0 aromatic carbocycles. The number of cyclic esters (lactones) is 1. The summed E-state index contributed by atoms with van der Waals surface area (Å²) in [6.45, 7) is 2.24. The second-order valence-corrected chi connectivity index (χ2v) is 2.62. The van der Waals surface area contributed by atoms with Crippen molar-refractivity contribution in [3.63, 3.8) is 0 Å². The molecular weight excluding hydrogens is 132 g/mol. The number of rotatable bonds is 1. The van der Waals surface area contributed by atoms with E-state index in [1.54, 1.807) is 6.92 Å². The van der Waals surface area contributed by atoms with Crippen LogP contribution in [0.4, 0.5) is 0 Å². The highest BCUT2D eigenvalue weighted by Crippen LogP contribution is 2.22. The van der Waals surface area contributed by atoms with Crippen LogP contribution in [0.2, 0.25) is 0 Å². The largest absolute Gasteiger partial charge is 0.464 e. The van der Waals surface area contributed by atoms with Gasteiger partial charge in [-0.05, 0) is 19.3 Å². The normalized spacial score (nSPS) is 33.6. The van der Waals surface area contributed by atoms with E-state index >= 15 is 0 Å². The van der Waals surface area contributed by atoms with Gasteiger partial charge in [0.1, 0.15) is 0 Å². The predicted octanol–water partition coefficient (Wildman–Crippen LogP) is 0.464. The first kappa shape index (κ1) is 7.54. The Labute approximate surface area is 60.0 Å². The third-order valence-corrected chi connectivity index (χ3v) is 1.93. The Hall–Kier alpha value is -0.570. The van der Waals surface area contributed by atoms with Gasteiger partial charge < -0.3 is 9.84 Å². The van der Waals surface area contributed by atoms with Crippen LogP contribution in [0, 0.1) is 0 Å². The SMILES string of the molecule is CCC1(O)CCCOC1=O. The van der Waals surface area contributed by atoms with Crippen LogP contribution in [0.5, 0.6) is 0 Å². The van der Waals surface area contributed by atoms with Gasteiger partial charge in [-0.1, -0.05) is 6.92 Å². The van der Waals surface area contributed by atoms with Crippen molar-refractivity contribution in [1.82, 2.24) is 0 Å². The minimum atomic E-state index is -1.18. The van der Waals surface area contributed by atoms with Crippen LogP contribution < -0.4 is 0 Å². The van der Waals surface area contributed by atoms with Gasteiger partial charge in [0.2, 0.25) is 0 Å². The summed E-state index contributed by atoms with van der Waals surface area (Å²) in [5.74, 6) is -0.457. The molecule has 0 bridgehead atoms. The minimum absolute atomic E-state index is 0.450. The molecule has 0 amide bonds. The summed E-state index contributed by atoms with van der Waals surface area (Å²) >= 11 is 0. The van der Waals surface area contributed by atoms with Crippen molar-refractivity contribution in [2.45, 2.75) is 31.8 Å². The van der Waals surface area contributed by atoms with Crippen LogP contribution in [-0.4, -0.2) is 23.3 Å². The maximum atomic E-state index is 10.9. The smallest absolute Gasteiger partial charge is 0.338 e. The molecule has 1 rings (SSSR count). The summed E-state index contributed by atoms with van der Waals surface area (Å²) in [5, 5.41) is 9.47. The first-order valence-electron chi connectivity index (χ1n) is 3.58. The van der Waals surface area contributed by atoms with Crippen molar-refractivity contribution < 1.29 is 14.6 Å². The molecule has 1 unspecified atom stereocenters. The standard InChI is InChI=1S/C7H12O3/c1-2-7(9)4-3-5-10-6(7)8/h9H,2-5H2,1H3. The van der Waals surface area contributed by atoms with Crippen LogP contribution in [0.15, 0.2) is 0 Å². The third kappa shape index (κ3) is 1.14. The molecule has 58 valence electrons. The van der Waals surface area contributed by atoms with Crippen LogP contribution in [0.25, 0.3) is 0 Å². The van der Waals surface area contributed by atoms with E-state index in [2.05, 4.69) is 0 Å². The average Bonchev–Trinajstić information content (AvgIpc) is 1.96. The molecule has 1 N–H and O–H groups in total. The molecule has 1 atom stereocenters. The van der Waals surface area contributed by atoms with Crippen LogP contribution in [0.1, 0.15) is 26.2 Å². The Bertz CT molecular complexity index is 144. The summed E-state index contributed by atoms with van der Waals surface area (Å²) < 4.78 is 4.70. The van der Waals surface area contributed by atoms with E-state index in [1.807, 2.05) is 0 Å². The maximum Gasteiger partial charge on any atom is 0.338 e. The van der Waals surface area contributed by atoms with Crippen molar-refractivity contribution in [2.24, 2.45) is 0 Å². The lowest BCUT2D eigenvalue weighted by atomic mass is 9.93. The highest BCUT2D eigenvalue weighted by molar-refractivity contribution is 5.79. The van der Waals surface area contributed by atoms with E-state index in [4.69, 9.17) is 4.74 Å². The summed E-state index contributed by atoms with van der Waals surface area (Å²) in [6, 6.07) is 0. The minimum Gasteiger partial charge on any atom is -0.464 e. The fourth-order valence-electron chi connectivity index (χ4n) is 1.09. The van der Waals surface area contributed by atoms with E-state index in [9.17, 15) is 9.90 Å². The molecule has 0 aromatic heterocycles. The van der Waals surface area contributed by atoms with Crippen molar-refractivity contribution in [2.75, 3.05) is 6.61 Å². The van der Waals surface area contributed by atoms with Gasteiger partial charge in [-0.25, -0.2) is 4.79 Å². The predicted molar refractivity (Wildman–Crippen MR) is 35.4 cm³/mol. The molecule has 3 heteroatoms. The fraction of sp³-hybridized carbons (Fsp3) is 0.857. The highest BCUT2D eigenvalue weighted by Gasteiger charge is 2.37. The molecule has 0 aliphatic carbocycles. The zero-order valence-corrected chi connectivity index (χ0v) is 6.09. The molecule has 1 aliphatic rings. The molecule has 10 heavy (non-hydrogen) atoms. The molecular formula is C7H12O3. The lowest BCUT2D eigenvalue weighted by molar-refractivity contribution is -0.173. The number of carbonyl (C=O) groups is 1. The van der Waals surface area contributed by atoms with E-state index in [0.29, 0.717) is 19.4 Å². The van der Waals surface area contributed by atoms with Gasteiger partial charge in [-0.15, -0.1) is 0 Å². The summed E-state index contributed by atoms with van der Waals surface area (Å²) in [6.07, 6.45) is 1.77. The maximum absolute atomic E-state index is 10.9. The van der Waals surface area contributed by atoms with Gasteiger partial charge in [-0.2, -0.15) is 0 Å². The second kappa shape index (κ2) is 2.58. The zero-order valence-electron chi connectivity index (χ0n) is 6.09. The van der Waals surface area contributed by atoms with Crippen molar-refractivity contribution in [1.29, 1.82) is 0 Å². The Morgan fingerprint density at radius 2 is 2.50 bits per heavy atom. The van der Waals surface area contributed by atoms with Gasteiger partial charge in [0.25, 0.3) is 0 Å². The Balaban J connectivity index is 2.63. The van der Waals surface area contributed by atoms with E-state index < -0.39 is 11.6 Å². The Morgan fingerprint density at radius 3 is 2.90 bits per heavy atom. The molecule has 0 spiro atoms. The van der Waals surface area contributed by atoms with Crippen LogP contribution in [0.3, 0.4) is 0 Å². The lowest BCUT2D eigenvalue weighted by Crippen LogP contribution is -2.43. The molecule has 1 aliphatic heterocycles. The van der Waals surface area contributed by atoms with Gasteiger partial charge in [0, 0.05) is 0 Å². The van der Waals surface area contributed by atoms with Crippen LogP contribution in [-0.2, 0) is 9.53 Å². The number of carbonyl (C=O) groups excluding carboxylic acids is 1. The van der Waals surface area contributed by atoms with Gasteiger partial charge in [0.05, 0.1) is 6.61 Å². The lowest BCUT2D eigenvalue weighted by Gasteiger charge is -2.28. The highest BCUT2D eigenvalue weighted by atomic mass is 16.6. The first-order valence-corrected chi connectivity index (χ1v) is 3.58. The summed E-state index contributed by atoms with van der Waals surface area (Å²) in [7, 11) is 0. The molecule has 1 heterocycles. The van der Waals surface area contributed by atoms with Crippen molar-refractivity contribution in [3.05, 3.63) is 0 Å². The van der Waals surface area contributed by atoms with Crippen molar-refractivity contribution in [3.8, 4) is 0 Å². The summed E-state index contributed by atoms with van der Waals surface area (Å²) in [4.78, 5) is 10.9. The van der Waals surface area contributed by atoms with Crippen LogP contribution >= 0.6 is 0 Å². The van der Waals surface area contributed by atoms with Gasteiger partial charge in [-0.3, -0.25) is 0 Å². The van der Waals surface area contributed by atoms with E-state index in [0.717, 1.165) is 6.42 Å². The number of hydrogen-bond acceptors (Lipinski definition) is 3. The van der Waals surface area contributed by atoms with E-state index in [-0.39, 0.29) is 0 Å². The average molecular weight is 144 g/mol. The number of aliphatic hydroxyl groups is 1. The van der Waals surface area contributed by atoms with E-state index in [1.165, 1.54) is 0 Å². The Morgan fingerprint density at radius 1 is 1.80 bits per heavy atom. The first-order chi connectivity index (χ1) is 4.69. The Kier molecular flexibility index (Phi) is 1.94. The number of ether oxygens (including phenoxy) is 1. The monoisotopic (exact) mass is 144 g/mol. The molecule has 0 saturated carbocycles. The summed E-state index contributed by atoms with van der Waals surface area (Å²) in [5.41, 5.74) is -1.18. The molecule has 0 aromatic rings. The fourth-order valence-corrected chi connectivity index (χ4v) is 1.09. The third-order valence-electron chi connectivity index (χ3n) is 1.93. The molecule has 0 radical (unpaired) electrons. The molecule has 1 saturated heterocycles. The van der Waals surface area contributed by atoms with Gasteiger partial charge in [0.15, 0.2) is 5.60 Å². The molecule has 1 fully saturated rings. The zero-order chi connectivity index (χ0) is 7.61. The van der Waals surface area contributed by atoms with Crippen molar-refractivity contribution >= 4 is 5.97 Å². The second-order valence-electron chi connectivity index (χ2n) is 2.62. The number of esters is 1.